The molecule has 1 aromatic heterocycles. The number of aryl methyl sites for hydroxylation is 1. The van der Waals surface area contributed by atoms with Gasteiger partial charge in [0.25, 0.3) is 0 Å². The number of carbonyl (C=O) groups is 1. The standard InChI is InChI=1S/C15H15N3O/c1-10-7-8-18(15(19)17-10)14-11(2)13-6-4-3-5-12(13)9-16-14/h3-6,9H,1,7-8H2,2H3,(H,17,19). The topological polar surface area (TPSA) is 45.2 Å². The van der Waals surface area contributed by atoms with E-state index in [2.05, 4.69) is 22.9 Å². The van der Waals surface area contributed by atoms with E-state index in [1.165, 1.54) is 0 Å². The van der Waals surface area contributed by atoms with Gasteiger partial charge in [-0.25, -0.2) is 9.78 Å². The predicted octanol–water partition coefficient (Wildman–Crippen LogP) is 2.98. The van der Waals surface area contributed by atoms with Crippen LogP contribution in [-0.2, 0) is 0 Å². The first-order valence-corrected chi connectivity index (χ1v) is 6.27. The fraction of sp³-hybridized carbons (Fsp3) is 0.200. The Bertz CT molecular complexity index is 678. The van der Waals surface area contributed by atoms with Gasteiger partial charge in [0.05, 0.1) is 0 Å². The quantitative estimate of drug-likeness (QED) is 0.849. The first-order chi connectivity index (χ1) is 9.16. The molecule has 1 N–H and O–H groups in total. The van der Waals surface area contributed by atoms with Gasteiger partial charge < -0.3 is 5.32 Å². The Labute approximate surface area is 111 Å². The van der Waals surface area contributed by atoms with Gasteiger partial charge in [-0.2, -0.15) is 0 Å². The van der Waals surface area contributed by atoms with Gasteiger partial charge in [0, 0.05) is 30.2 Å². The van der Waals surface area contributed by atoms with Crippen LogP contribution in [0.2, 0.25) is 0 Å². The molecule has 1 fully saturated rings. The van der Waals surface area contributed by atoms with Crippen molar-refractivity contribution in [2.45, 2.75) is 13.3 Å². The lowest BCUT2D eigenvalue weighted by Crippen LogP contribution is -2.45. The minimum absolute atomic E-state index is 0.151. The number of aromatic nitrogens is 1. The van der Waals surface area contributed by atoms with Gasteiger partial charge in [-0.1, -0.05) is 30.8 Å². The van der Waals surface area contributed by atoms with E-state index in [-0.39, 0.29) is 6.03 Å². The number of carbonyl (C=O) groups excluding carboxylic acids is 1. The van der Waals surface area contributed by atoms with Gasteiger partial charge in [-0.15, -0.1) is 0 Å². The molecule has 19 heavy (non-hydrogen) atoms. The number of pyridine rings is 1. The molecule has 2 aromatic rings. The van der Waals surface area contributed by atoms with Crippen molar-refractivity contribution < 1.29 is 4.79 Å². The van der Waals surface area contributed by atoms with Crippen LogP contribution in [0.4, 0.5) is 10.6 Å². The lowest BCUT2D eigenvalue weighted by molar-refractivity contribution is 0.246. The van der Waals surface area contributed by atoms with Crippen molar-refractivity contribution >= 4 is 22.6 Å². The van der Waals surface area contributed by atoms with Crippen LogP contribution in [0.15, 0.2) is 42.7 Å². The van der Waals surface area contributed by atoms with Gasteiger partial charge in [-0.05, 0) is 17.9 Å². The molecule has 2 amide bonds. The van der Waals surface area contributed by atoms with Crippen LogP contribution in [0.1, 0.15) is 12.0 Å². The zero-order chi connectivity index (χ0) is 13.4. The molecule has 0 bridgehead atoms. The Balaban J connectivity index is 2.08. The maximum absolute atomic E-state index is 12.0. The molecule has 0 spiro atoms. The van der Waals surface area contributed by atoms with E-state index in [1.54, 1.807) is 4.90 Å². The number of anilines is 1. The number of nitrogens with zero attached hydrogens (tertiary/aromatic N) is 2. The molecule has 0 aliphatic carbocycles. The molecule has 4 heteroatoms. The number of nitrogens with one attached hydrogen (secondary N) is 1. The van der Waals surface area contributed by atoms with Crippen molar-refractivity contribution in [2.75, 3.05) is 11.4 Å². The third-order valence-corrected chi connectivity index (χ3v) is 3.45. The molecule has 0 saturated carbocycles. The number of fused-ring (bicyclic) bond motifs is 1. The first-order valence-electron chi connectivity index (χ1n) is 6.27. The van der Waals surface area contributed by atoms with Crippen LogP contribution in [0.3, 0.4) is 0 Å². The molecule has 96 valence electrons. The molecular weight excluding hydrogens is 238 g/mol. The molecule has 0 atom stereocenters. The number of hydrogen-bond donors (Lipinski definition) is 1. The minimum atomic E-state index is -0.151. The van der Waals surface area contributed by atoms with E-state index in [4.69, 9.17) is 0 Å². The molecule has 0 unspecified atom stereocenters. The average molecular weight is 253 g/mol. The van der Waals surface area contributed by atoms with Crippen LogP contribution >= 0.6 is 0 Å². The number of hydrogen-bond acceptors (Lipinski definition) is 2. The molecule has 0 radical (unpaired) electrons. The normalized spacial score (nSPS) is 15.7. The van der Waals surface area contributed by atoms with Crippen molar-refractivity contribution in [1.82, 2.24) is 10.3 Å². The summed E-state index contributed by atoms with van der Waals surface area (Å²) < 4.78 is 0. The highest BCUT2D eigenvalue weighted by atomic mass is 16.2. The second-order valence-electron chi connectivity index (χ2n) is 4.73. The summed E-state index contributed by atoms with van der Waals surface area (Å²) in [6.45, 7) is 6.41. The molecule has 1 aliphatic heterocycles. The fourth-order valence-electron chi connectivity index (χ4n) is 2.40. The Kier molecular flexibility index (Phi) is 2.71. The summed E-state index contributed by atoms with van der Waals surface area (Å²) in [6.07, 6.45) is 2.56. The lowest BCUT2D eigenvalue weighted by atomic mass is 10.1. The molecule has 4 nitrogen and oxygen atoms in total. The number of urea groups is 1. The van der Waals surface area contributed by atoms with E-state index in [1.807, 2.05) is 31.3 Å². The Morgan fingerprint density at radius 1 is 1.37 bits per heavy atom. The zero-order valence-corrected chi connectivity index (χ0v) is 10.8. The van der Waals surface area contributed by atoms with Crippen molar-refractivity contribution in [3.8, 4) is 0 Å². The summed E-state index contributed by atoms with van der Waals surface area (Å²) in [5.41, 5.74) is 1.79. The maximum atomic E-state index is 12.0. The Hall–Kier alpha value is -2.36. The van der Waals surface area contributed by atoms with Gasteiger partial charge in [0.2, 0.25) is 0 Å². The average Bonchev–Trinajstić information content (AvgIpc) is 2.41. The molecule has 1 aromatic carbocycles. The van der Waals surface area contributed by atoms with E-state index in [0.29, 0.717) is 6.54 Å². The second-order valence-corrected chi connectivity index (χ2v) is 4.73. The highest BCUT2D eigenvalue weighted by molar-refractivity contribution is 5.97. The molecule has 1 aliphatic rings. The predicted molar refractivity (Wildman–Crippen MR) is 76.1 cm³/mol. The highest BCUT2D eigenvalue weighted by Gasteiger charge is 2.24. The van der Waals surface area contributed by atoms with E-state index < -0.39 is 0 Å². The first kappa shape index (κ1) is 11.7. The third kappa shape index (κ3) is 1.95. The summed E-state index contributed by atoms with van der Waals surface area (Å²) in [5.74, 6) is 0.726. The van der Waals surface area contributed by atoms with E-state index in [0.717, 1.165) is 34.3 Å². The van der Waals surface area contributed by atoms with Crippen molar-refractivity contribution in [3.05, 3.63) is 48.3 Å². The zero-order valence-electron chi connectivity index (χ0n) is 10.8. The van der Waals surface area contributed by atoms with Crippen LogP contribution in [0.5, 0.6) is 0 Å². The monoisotopic (exact) mass is 253 g/mol. The van der Waals surface area contributed by atoms with Crippen molar-refractivity contribution in [1.29, 1.82) is 0 Å². The Morgan fingerprint density at radius 3 is 2.95 bits per heavy atom. The molecule has 3 rings (SSSR count). The van der Waals surface area contributed by atoms with Crippen molar-refractivity contribution in [2.24, 2.45) is 0 Å². The fourth-order valence-corrected chi connectivity index (χ4v) is 2.40. The van der Waals surface area contributed by atoms with Crippen LogP contribution in [-0.4, -0.2) is 17.6 Å². The van der Waals surface area contributed by atoms with Crippen molar-refractivity contribution in [3.63, 3.8) is 0 Å². The highest BCUT2D eigenvalue weighted by Crippen LogP contribution is 2.27. The SMILES string of the molecule is C=C1CCN(c2ncc3ccccc3c2C)C(=O)N1. The van der Waals surface area contributed by atoms with Gasteiger partial charge in [0.15, 0.2) is 0 Å². The maximum Gasteiger partial charge on any atom is 0.327 e. The summed E-state index contributed by atoms with van der Waals surface area (Å²) in [6, 6.07) is 7.91. The number of rotatable bonds is 1. The third-order valence-electron chi connectivity index (χ3n) is 3.45. The number of benzene rings is 1. The summed E-state index contributed by atoms with van der Waals surface area (Å²) in [7, 11) is 0. The lowest BCUT2D eigenvalue weighted by Gasteiger charge is -2.29. The smallest absolute Gasteiger partial charge is 0.312 e. The van der Waals surface area contributed by atoms with Gasteiger partial charge in [0.1, 0.15) is 5.82 Å². The summed E-state index contributed by atoms with van der Waals surface area (Å²) >= 11 is 0. The second kappa shape index (κ2) is 4.39. The Morgan fingerprint density at radius 2 is 2.16 bits per heavy atom. The van der Waals surface area contributed by atoms with Crippen LogP contribution in [0.25, 0.3) is 10.8 Å². The minimum Gasteiger partial charge on any atom is -0.312 e. The van der Waals surface area contributed by atoms with E-state index >= 15 is 0 Å². The summed E-state index contributed by atoms with van der Waals surface area (Å²) in [5, 5.41) is 4.97. The molecule has 1 saturated heterocycles. The van der Waals surface area contributed by atoms with Crippen LogP contribution in [0, 0.1) is 6.92 Å². The van der Waals surface area contributed by atoms with Crippen LogP contribution < -0.4 is 10.2 Å². The van der Waals surface area contributed by atoms with Gasteiger partial charge in [-0.3, -0.25) is 4.90 Å². The molecule has 2 heterocycles. The van der Waals surface area contributed by atoms with Gasteiger partial charge >= 0.3 is 6.03 Å². The van der Waals surface area contributed by atoms with E-state index in [9.17, 15) is 4.79 Å². The summed E-state index contributed by atoms with van der Waals surface area (Å²) in [4.78, 5) is 18.1. The molecular formula is C15H15N3O. The largest absolute Gasteiger partial charge is 0.327 e. The number of amides is 2.